The lowest BCUT2D eigenvalue weighted by Gasteiger charge is -2.22. The maximum absolute atomic E-state index is 13.2. The number of carbonyl (C=O) groups is 1. The number of amides is 1. The van der Waals surface area contributed by atoms with Gasteiger partial charge in [-0.3, -0.25) is 10.1 Å². The normalized spacial score (nSPS) is 11.5. The van der Waals surface area contributed by atoms with Gasteiger partial charge in [-0.1, -0.05) is 5.10 Å². The van der Waals surface area contributed by atoms with Gasteiger partial charge >= 0.3 is 6.18 Å². The summed E-state index contributed by atoms with van der Waals surface area (Å²) in [7, 11) is 4.59. The highest BCUT2D eigenvalue weighted by molar-refractivity contribution is 6.06. The highest BCUT2D eigenvalue weighted by atomic mass is 19.4. The van der Waals surface area contributed by atoms with E-state index in [9.17, 15) is 18.0 Å². The average molecular weight is 441 g/mol. The average Bonchev–Trinajstić information content (AvgIpc) is 3.31. The minimum absolute atomic E-state index is 0.0262. The molecule has 31 heavy (non-hydrogen) atoms. The van der Waals surface area contributed by atoms with Gasteiger partial charge in [0.1, 0.15) is 18.1 Å². The summed E-state index contributed by atoms with van der Waals surface area (Å²) >= 11 is 0. The van der Waals surface area contributed by atoms with Crippen LogP contribution in [0.4, 0.5) is 24.9 Å². The lowest BCUT2D eigenvalue weighted by molar-refractivity contribution is -0.141. The number of halogens is 3. The van der Waals surface area contributed by atoms with Crippen LogP contribution in [0.1, 0.15) is 21.9 Å². The van der Waals surface area contributed by atoms with E-state index in [1.807, 2.05) is 0 Å². The first-order valence-corrected chi connectivity index (χ1v) is 8.79. The maximum atomic E-state index is 13.2. The van der Waals surface area contributed by atoms with Gasteiger partial charge in [-0.15, -0.1) is 10.2 Å². The summed E-state index contributed by atoms with van der Waals surface area (Å²) in [5.74, 6) is -0.507. The Hall–Kier alpha value is -3.69. The molecule has 0 fully saturated rings. The van der Waals surface area contributed by atoms with Crippen LogP contribution in [0, 0.1) is 0 Å². The monoisotopic (exact) mass is 441 g/mol. The van der Waals surface area contributed by atoms with Crippen LogP contribution in [0.2, 0.25) is 0 Å². The van der Waals surface area contributed by atoms with Crippen LogP contribution < -0.4 is 10.2 Å². The molecule has 0 aromatic carbocycles. The van der Waals surface area contributed by atoms with Crippen LogP contribution in [-0.2, 0) is 31.6 Å². The molecule has 0 aliphatic carbocycles. The van der Waals surface area contributed by atoms with Gasteiger partial charge in [-0.05, 0) is 27.8 Å². The number of hydrogen-bond acceptors (Lipinski definition) is 10. The van der Waals surface area contributed by atoms with Gasteiger partial charge in [0.15, 0.2) is 5.82 Å². The molecule has 16 heteroatoms. The van der Waals surface area contributed by atoms with Crippen molar-refractivity contribution >= 4 is 17.7 Å². The Bertz CT molecular complexity index is 1050. The topological polar surface area (TPSA) is 142 Å². The third kappa shape index (κ3) is 5.47. The first-order chi connectivity index (χ1) is 14.6. The number of tetrazole rings is 2. The van der Waals surface area contributed by atoms with E-state index in [1.54, 1.807) is 7.05 Å². The molecular weight excluding hydrogens is 423 g/mol. The van der Waals surface area contributed by atoms with Gasteiger partial charge in [0.05, 0.1) is 19.2 Å². The van der Waals surface area contributed by atoms with Crippen LogP contribution in [0.5, 0.6) is 0 Å². The number of hydrogen-bond donors (Lipinski definition) is 1. The van der Waals surface area contributed by atoms with Crippen LogP contribution >= 0.6 is 0 Å². The summed E-state index contributed by atoms with van der Waals surface area (Å²) in [5, 5.41) is 24.4. The predicted molar refractivity (Wildman–Crippen MR) is 97.7 cm³/mol. The fraction of sp³-hybridized carbons (Fsp3) is 0.467. The SMILES string of the molecule is CN(CCOCc1nnn(C)n1)c1nc(C(F)(F)F)ccc1C(=O)Nc1nnnn1C. The number of likely N-dealkylation sites (N-methyl/N-ethyl adjacent to an activating group) is 1. The Labute approximate surface area is 173 Å². The first kappa shape index (κ1) is 22.0. The number of ether oxygens (including phenoxy) is 1. The molecule has 0 aliphatic rings. The number of pyridine rings is 1. The number of alkyl halides is 3. The number of rotatable bonds is 8. The van der Waals surface area contributed by atoms with Crippen LogP contribution in [0.25, 0.3) is 0 Å². The zero-order chi connectivity index (χ0) is 22.6. The van der Waals surface area contributed by atoms with Crippen molar-refractivity contribution in [1.82, 2.24) is 45.4 Å². The van der Waals surface area contributed by atoms with Gasteiger partial charge in [0, 0.05) is 20.6 Å². The molecular formula is C15H18F3N11O2. The summed E-state index contributed by atoms with van der Waals surface area (Å²) in [6, 6.07) is 1.78. The van der Waals surface area contributed by atoms with Gasteiger partial charge in [0.25, 0.3) is 5.91 Å². The van der Waals surface area contributed by atoms with Crippen molar-refractivity contribution in [2.45, 2.75) is 12.8 Å². The molecule has 0 saturated carbocycles. The Morgan fingerprint density at radius 3 is 2.61 bits per heavy atom. The van der Waals surface area contributed by atoms with E-state index < -0.39 is 17.8 Å². The molecule has 166 valence electrons. The van der Waals surface area contributed by atoms with Gasteiger partial charge in [-0.2, -0.15) is 18.0 Å². The summed E-state index contributed by atoms with van der Waals surface area (Å²) in [5.41, 5.74) is -1.22. The van der Waals surface area contributed by atoms with E-state index in [2.05, 4.69) is 41.2 Å². The third-order valence-electron chi connectivity index (χ3n) is 3.97. The number of aryl methyl sites for hydroxylation is 2. The second kappa shape index (κ2) is 8.99. The molecule has 3 rings (SSSR count). The minimum atomic E-state index is -4.67. The molecule has 0 bridgehead atoms. The van der Waals surface area contributed by atoms with Crippen molar-refractivity contribution in [3.8, 4) is 0 Å². The quantitative estimate of drug-likeness (QED) is 0.477. The molecule has 1 amide bonds. The Morgan fingerprint density at radius 2 is 2.00 bits per heavy atom. The molecule has 1 N–H and O–H groups in total. The number of aromatic nitrogens is 9. The number of nitrogens with zero attached hydrogens (tertiary/aromatic N) is 10. The van der Waals surface area contributed by atoms with Gasteiger partial charge < -0.3 is 9.64 Å². The molecule has 3 aromatic rings. The number of nitrogens with one attached hydrogen (secondary N) is 1. The molecule has 0 saturated heterocycles. The fourth-order valence-electron chi connectivity index (χ4n) is 2.43. The van der Waals surface area contributed by atoms with Crippen LogP contribution in [0.3, 0.4) is 0 Å². The molecule has 0 atom stereocenters. The molecule has 3 heterocycles. The number of anilines is 2. The van der Waals surface area contributed by atoms with Gasteiger partial charge in [-0.25, -0.2) is 9.67 Å². The predicted octanol–water partition coefficient (Wildman–Crippen LogP) is 0.0527. The lowest BCUT2D eigenvalue weighted by atomic mass is 10.2. The first-order valence-electron chi connectivity index (χ1n) is 8.79. The summed E-state index contributed by atoms with van der Waals surface area (Å²) in [6.07, 6.45) is -4.67. The van der Waals surface area contributed by atoms with Crippen molar-refractivity contribution in [2.24, 2.45) is 14.1 Å². The van der Waals surface area contributed by atoms with E-state index in [4.69, 9.17) is 4.74 Å². The van der Waals surface area contributed by atoms with E-state index in [1.165, 1.54) is 28.5 Å². The smallest absolute Gasteiger partial charge is 0.371 e. The van der Waals surface area contributed by atoms with Gasteiger partial charge in [0.2, 0.25) is 5.95 Å². The van der Waals surface area contributed by atoms with Crippen LogP contribution in [-0.4, -0.2) is 71.5 Å². The summed E-state index contributed by atoms with van der Waals surface area (Å²) in [4.78, 5) is 18.9. The molecule has 13 nitrogen and oxygen atoms in total. The standard InChI is InChI=1S/C15H18F3N11O2/c1-27(6-7-31-8-11-21-25-29(3)23-11)12-9(4-5-10(19-12)15(16,17)18)13(30)20-14-22-24-26-28(14)2/h4-5H,6-8H2,1-3H3,(H,20,22,26,30). The summed E-state index contributed by atoms with van der Waals surface area (Å²) < 4.78 is 46.1. The largest absolute Gasteiger partial charge is 0.433 e. The maximum Gasteiger partial charge on any atom is 0.433 e. The van der Waals surface area contributed by atoms with Crippen molar-refractivity contribution in [1.29, 1.82) is 0 Å². The van der Waals surface area contributed by atoms with E-state index >= 15 is 0 Å². The second-order valence-corrected chi connectivity index (χ2v) is 6.31. The van der Waals surface area contributed by atoms with Crippen molar-refractivity contribution in [3.63, 3.8) is 0 Å². The molecule has 3 aromatic heterocycles. The second-order valence-electron chi connectivity index (χ2n) is 6.31. The van der Waals surface area contributed by atoms with E-state index in [0.717, 1.165) is 12.1 Å². The van der Waals surface area contributed by atoms with Crippen molar-refractivity contribution < 1.29 is 22.7 Å². The lowest BCUT2D eigenvalue weighted by Crippen LogP contribution is -2.28. The highest BCUT2D eigenvalue weighted by Gasteiger charge is 2.34. The third-order valence-corrected chi connectivity index (χ3v) is 3.97. The van der Waals surface area contributed by atoms with Crippen LogP contribution in [0.15, 0.2) is 12.1 Å². The molecule has 0 spiro atoms. The molecule has 0 radical (unpaired) electrons. The Morgan fingerprint density at radius 1 is 1.23 bits per heavy atom. The van der Waals surface area contributed by atoms with Crippen molar-refractivity contribution in [3.05, 3.63) is 29.2 Å². The number of carbonyl (C=O) groups excluding carboxylic acids is 1. The minimum Gasteiger partial charge on any atom is -0.371 e. The fourth-order valence-corrected chi connectivity index (χ4v) is 2.43. The Balaban J connectivity index is 1.74. The zero-order valence-electron chi connectivity index (χ0n) is 16.7. The Kier molecular flexibility index (Phi) is 6.38. The zero-order valence-corrected chi connectivity index (χ0v) is 16.7. The molecule has 0 aliphatic heterocycles. The molecule has 0 unspecified atom stereocenters. The van der Waals surface area contributed by atoms with E-state index in [0.29, 0.717) is 5.82 Å². The summed E-state index contributed by atoms with van der Waals surface area (Å²) in [6.45, 7) is 0.325. The van der Waals surface area contributed by atoms with E-state index in [-0.39, 0.29) is 37.1 Å². The highest BCUT2D eigenvalue weighted by Crippen LogP contribution is 2.30. The van der Waals surface area contributed by atoms with Crippen molar-refractivity contribution in [2.75, 3.05) is 30.4 Å².